The van der Waals surface area contributed by atoms with Gasteiger partial charge in [-0.15, -0.1) is 0 Å². The van der Waals surface area contributed by atoms with Crippen LogP contribution < -0.4 is 10.6 Å². The number of anilines is 1. The van der Waals surface area contributed by atoms with Crippen molar-refractivity contribution in [1.29, 1.82) is 0 Å². The molecule has 2 amide bonds. The van der Waals surface area contributed by atoms with Gasteiger partial charge in [0.1, 0.15) is 0 Å². The van der Waals surface area contributed by atoms with E-state index in [1.165, 1.54) is 12.1 Å². The molecule has 5 nitrogen and oxygen atoms in total. The Labute approximate surface area is 119 Å². The quantitative estimate of drug-likeness (QED) is 0.795. The van der Waals surface area contributed by atoms with Crippen LogP contribution in [0.4, 0.5) is 10.5 Å². The maximum atomic E-state index is 11.7. The fourth-order valence-corrected chi connectivity index (χ4v) is 1.95. The summed E-state index contributed by atoms with van der Waals surface area (Å²) < 4.78 is 0.644. The lowest BCUT2D eigenvalue weighted by Gasteiger charge is -2.12. The summed E-state index contributed by atoms with van der Waals surface area (Å²) in [6, 6.07) is 4.17. The number of hydrogen-bond donors (Lipinski definition) is 3. The molecule has 0 bridgehead atoms. The van der Waals surface area contributed by atoms with Crippen molar-refractivity contribution in [3.63, 3.8) is 0 Å². The number of nitrogens with one attached hydrogen (secondary N) is 2. The number of carboxylic acids is 1. The number of carboxylic acid groups (broad SMARTS) is 1. The smallest absolute Gasteiger partial charge is 0.335 e. The van der Waals surface area contributed by atoms with Gasteiger partial charge in [0.15, 0.2) is 0 Å². The maximum Gasteiger partial charge on any atom is 0.335 e. The van der Waals surface area contributed by atoms with Crippen molar-refractivity contribution < 1.29 is 14.7 Å². The molecule has 1 saturated carbocycles. The van der Waals surface area contributed by atoms with E-state index < -0.39 is 5.97 Å². The summed E-state index contributed by atoms with van der Waals surface area (Å²) in [5, 5.41) is 14.3. The SMILES string of the molecule is CC1(CNC(=O)Nc2cc(C(=O)O)ccc2Br)CC1. The number of benzene rings is 1. The van der Waals surface area contributed by atoms with Gasteiger partial charge >= 0.3 is 12.0 Å². The first-order chi connectivity index (χ1) is 8.89. The predicted molar refractivity (Wildman–Crippen MR) is 75.5 cm³/mol. The molecule has 1 fully saturated rings. The second-order valence-corrected chi connectivity index (χ2v) is 5.97. The average Bonchev–Trinajstić information content (AvgIpc) is 3.08. The van der Waals surface area contributed by atoms with Crippen LogP contribution in [0, 0.1) is 5.41 Å². The van der Waals surface area contributed by atoms with Crippen molar-refractivity contribution in [1.82, 2.24) is 5.32 Å². The molecule has 0 unspecified atom stereocenters. The summed E-state index contributed by atoms with van der Waals surface area (Å²) in [4.78, 5) is 22.6. The van der Waals surface area contributed by atoms with Crippen LogP contribution in [-0.4, -0.2) is 23.7 Å². The first-order valence-corrected chi connectivity index (χ1v) is 6.77. The fraction of sp³-hybridized carbons (Fsp3) is 0.385. The van der Waals surface area contributed by atoms with E-state index in [1.807, 2.05) is 0 Å². The maximum absolute atomic E-state index is 11.7. The number of aromatic carboxylic acids is 1. The van der Waals surface area contributed by atoms with Crippen LogP contribution in [0.25, 0.3) is 0 Å². The first kappa shape index (κ1) is 13.9. The second-order valence-electron chi connectivity index (χ2n) is 5.12. The second kappa shape index (κ2) is 5.21. The Kier molecular flexibility index (Phi) is 3.80. The van der Waals surface area contributed by atoms with E-state index in [0.29, 0.717) is 16.7 Å². The highest BCUT2D eigenvalue weighted by molar-refractivity contribution is 9.10. The lowest BCUT2D eigenvalue weighted by Crippen LogP contribution is -2.33. The lowest BCUT2D eigenvalue weighted by atomic mass is 10.1. The summed E-state index contributed by atoms with van der Waals surface area (Å²) in [5.74, 6) is -1.03. The van der Waals surface area contributed by atoms with E-state index in [0.717, 1.165) is 12.8 Å². The Bertz CT molecular complexity index is 527. The van der Waals surface area contributed by atoms with Gasteiger partial charge in [0.25, 0.3) is 0 Å². The zero-order valence-corrected chi connectivity index (χ0v) is 12.1. The fourth-order valence-electron chi connectivity index (χ4n) is 1.60. The van der Waals surface area contributed by atoms with Gasteiger partial charge in [-0.25, -0.2) is 9.59 Å². The predicted octanol–water partition coefficient (Wildman–Crippen LogP) is 3.07. The molecule has 19 heavy (non-hydrogen) atoms. The molecule has 6 heteroatoms. The molecule has 1 aliphatic rings. The van der Waals surface area contributed by atoms with Gasteiger partial charge < -0.3 is 15.7 Å². The third-order valence-electron chi connectivity index (χ3n) is 3.24. The van der Waals surface area contributed by atoms with Crippen molar-refractivity contribution >= 4 is 33.6 Å². The molecule has 0 saturated heterocycles. The zero-order valence-electron chi connectivity index (χ0n) is 10.5. The Morgan fingerprint density at radius 2 is 2.11 bits per heavy atom. The Balaban J connectivity index is 1.99. The topological polar surface area (TPSA) is 78.4 Å². The van der Waals surface area contributed by atoms with Crippen LogP contribution in [-0.2, 0) is 0 Å². The van der Waals surface area contributed by atoms with Crippen LogP contribution in [0.5, 0.6) is 0 Å². The van der Waals surface area contributed by atoms with E-state index >= 15 is 0 Å². The number of hydrogen-bond acceptors (Lipinski definition) is 2. The number of halogens is 1. The number of urea groups is 1. The highest BCUT2D eigenvalue weighted by atomic mass is 79.9. The normalized spacial score (nSPS) is 15.7. The monoisotopic (exact) mass is 326 g/mol. The van der Waals surface area contributed by atoms with Gasteiger partial charge in [0, 0.05) is 11.0 Å². The van der Waals surface area contributed by atoms with E-state index in [9.17, 15) is 9.59 Å². The van der Waals surface area contributed by atoms with E-state index in [-0.39, 0.29) is 17.0 Å². The number of carbonyl (C=O) groups is 2. The van der Waals surface area contributed by atoms with Crippen LogP contribution in [0.2, 0.25) is 0 Å². The van der Waals surface area contributed by atoms with Gasteiger partial charge in [0.2, 0.25) is 0 Å². The summed E-state index contributed by atoms with van der Waals surface area (Å²) in [6.07, 6.45) is 2.26. The summed E-state index contributed by atoms with van der Waals surface area (Å²) in [5.41, 5.74) is 0.809. The summed E-state index contributed by atoms with van der Waals surface area (Å²) in [6.45, 7) is 2.75. The van der Waals surface area contributed by atoms with E-state index in [4.69, 9.17) is 5.11 Å². The highest BCUT2D eigenvalue weighted by Crippen LogP contribution is 2.44. The molecule has 0 heterocycles. The molecule has 0 aromatic heterocycles. The van der Waals surface area contributed by atoms with Gasteiger partial charge in [-0.05, 0) is 52.4 Å². The zero-order chi connectivity index (χ0) is 14.0. The molecule has 1 aliphatic carbocycles. The van der Waals surface area contributed by atoms with Crippen LogP contribution in [0.3, 0.4) is 0 Å². The van der Waals surface area contributed by atoms with Crippen LogP contribution in [0.15, 0.2) is 22.7 Å². The van der Waals surface area contributed by atoms with Crippen LogP contribution in [0.1, 0.15) is 30.1 Å². The van der Waals surface area contributed by atoms with Crippen molar-refractivity contribution in [3.8, 4) is 0 Å². The summed E-state index contributed by atoms with van der Waals surface area (Å²) in [7, 11) is 0. The third kappa shape index (κ3) is 3.70. The van der Waals surface area contributed by atoms with Crippen molar-refractivity contribution in [2.45, 2.75) is 19.8 Å². The standard InChI is InChI=1S/C13H15BrN2O3/c1-13(4-5-13)7-15-12(19)16-10-6-8(11(17)18)2-3-9(10)14/h2-3,6H,4-5,7H2,1H3,(H,17,18)(H2,15,16,19). The molecule has 0 aliphatic heterocycles. The molecule has 1 aromatic carbocycles. The van der Waals surface area contributed by atoms with Crippen molar-refractivity contribution in [2.24, 2.45) is 5.41 Å². The van der Waals surface area contributed by atoms with Gasteiger partial charge in [-0.1, -0.05) is 6.92 Å². The molecule has 2 rings (SSSR count). The minimum atomic E-state index is -1.03. The first-order valence-electron chi connectivity index (χ1n) is 5.97. The van der Waals surface area contributed by atoms with Crippen molar-refractivity contribution in [2.75, 3.05) is 11.9 Å². The van der Waals surface area contributed by atoms with Gasteiger partial charge in [0.05, 0.1) is 11.3 Å². The number of rotatable bonds is 4. The molecule has 0 spiro atoms. The summed E-state index contributed by atoms with van der Waals surface area (Å²) >= 11 is 3.28. The molecule has 3 N–H and O–H groups in total. The van der Waals surface area contributed by atoms with Gasteiger partial charge in [-0.2, -0.15) is 0 Å². The number of carbonyl (C=O) groups excluding carboxylic acids is 1. The van der Waals surface area contributed by atoms with Gasteiger partial charge in [-0.3, -0.25) is 0 Å². The molecule has 102 valence electrons. The average molecular weight is 327 g/mol. The largest absolute Gasteiger partial charge is 0.478 e. The minimum Gasteiger partial charge on any atom is -0.478 e. The van der Waals surface area contributed by atoms with Crippen molar-refractivity contribution in [3.05, 3.63) is 28.2 Å². The Morgan fingerprint density at radius 1 is 1.42 bits per heavy atom. The van der Waals surface area contributed by atoms with E-state index in [1.54, 1.807) is 6.07 Å². The third-order valence-corrected chi connectivity index (χ3v) is 3.93. The van der Waals surface area contributed by atoms with E-state index in [2.05, 4.69) is 33.5 Å². The molecular formula is C13H15BrN2O3. The Hall–Kier alpha value is -1.56. The molecular weight excluding hydrogens is 312 g/mol. The Morgan fingerprint density at radius 3 is 2.68 bits per heavy atom. The number of amides is 2. The minimum absolute atomic E-state index is 0.132. The molecule has 0 atom stereocenters. The lowest BCUT2D eigenvalue weighted by molar-refractivity contribution is 0.0697. The highest BCUT2D eigenvalue weighted by Gasteiger charge is 2.37. The molecule has 0 radical (unpaired) electrons. The van der Waals surface area contributed by atoms with Crippen LogP contribution >= 0.6 is 15.9 Å². The molecule has 1 aromatic rings.